The van der Waals surface area contributed by atoms with E-state index in [9.17, 15) is 19.2 Å². The number of amides is 2. The van der Waals surface area contributed by atoms with E-state index in [0.29, 0.717) is 43.8 Å². The van der Waals surface area contributed by atoms with E-state index in [0.717, 1.165) is 13.0 Å². The molecule has 2 heterocycles. The molecule has 1 aromatic carbocycles. The molecule has 0 bridgehead atoms. The van der Waals surface area contributed by atoms with Crippen molar-refractivity contribution in [3.05, 3.63) is 56.8 Å². The van der Waals surface area contributed by atoms with Crippen LogP contribution in [-0.4, -0.2) is 98.2 Å². The number of nitrogens with two attached hydrogens (primary N) is 1. The fourth-order valence-corrected chi connectivity index (χ4v) is 5.05. The molecule has 0 aliphatic carbocycles. The third-order valence-corrected chi connectivity index (χ3v) is 8.04. The van der Waals surface area contributed by atoms with Gasteiger partial charge in [0.05, 0.1) is 23.7 Å². The number of benzene rings is 1. The maximum Gasteiger partial charge on any atom is 0.338 e. The minimum absolute atomic E-state index is 0.00353. The Hall–Kier alpha value is -3.45. The minimum Gasteiger partial charge on any atom is -0.456 e. The number of esters is 1. The molecule has 0 radical (unpaired) electrons. The lowest BCUT2D eigenvalue weighted by Gasteiger charge is -2.38. The molecule has 236 valence electrons. The van der Waals surface area contributed by atoms with Crippen LogP contribution < -0.4 is 21.9 Å². The van der Waals surface area contributed by atoms with Crippen molar-refractivity contribution in [1.82, 2.24) is 20.1 Å². The largest absolute Gasteiger partial charge is 0.456 e. The van der Waals surface area contributed by atoms with Crippen LogP contribution in [0.25, 0.3) is 0 Å². The summed E-state index contributed by atoms with van der Waals surface area (Å²) in [6, 6.07) is 7.62. The number of rotatable bonds is 13. The number of anilines is 2. The molecule has 3 unspecified atom stereocenters. The van der Waals surface area contributed by atoms with Crippen molar-refractivity contribution < 1.29 is 23.9 Å². The molecular formula is C30H43ClN6O6. The van der Waals surface area contributed by atoms with E-state index in [2.05, 4.69) is 20.5 Å². The highest BCUT2D eigenvalue weighted by molar-refractivity contribution is 6.33. The Labute approximate surface area is 257 Å². The molecule has 1 saturated heterocycles. The molecule has 1 fully saturated rings. The Kier molecular flexibility index (Phi) is 12.1. The molecular weight excluding hydrogens is 576 g/mol. The average molecular weight is 619 g/mol. The summed E-state index contributed by atoms with van der Waals surface area (Å²) in [6.07, 6.45) is 1.98. The van der Waals surface area contributed by atoms with E-state index >= 15 is 0 Å². The van der Waals surface area contributed by atoms with Crippen LogP contribution in [0.5, 0.6) is 0 Å². The lowest BCUT2D eigenvalue weighted by atomic mass is 9.92. The smallest absolute Gasteiger partial charge is 0.338 e. The van der Waals surface area contributed by atoms with Crippen LogP contribution in [0.1, 0.15) is 53.8 Å². The summed E-state index contributed by atoms with van der Waals surface area (Å²) in [4.78, 5) is 57.1. The van der Waals surface area contributed by atoms with E-state index in [1.165, 1.54) is 6.07 Å². The number of aromatic nitrogens is 1. The first-order valence-electron chi connectivity index (χ1n) is 14.3. The van der Waals surface area contributed by atoms with Gasteiger partial charge in [-0.3, -0.25) is 19.3 Å². The summed E-state index contributed by atoms with van der Waals surface area (Å²) in [6.45, 7) is 6.28. The second kappa shape index (κ2) is 15.3. The van der Waals surface area contributed by atoms with Gasteiger partial charge in [-0.2, -0.15) is 0 Å². The molecule has 2 amide bonds. The second-order valence-electron chi connectivity index (χ2n) is 11.5. The number of hydrogen-bond donors (Lipinski definition) is 4. The van der Waals surface area contributed by atoms with Crippen LogP contribution in [0.4, 0.5) is 11.5 Å². The molecule has 1 aromatic heterocycles. The van der Waals surface area contributed by atoms with Crippen LogP contribution in [0.2, 0.25) is 5.02 Å². The lowest BCUT2D eigenvalue weighted by Crippen LogP contribution is -2.54. The molecule has 5 N–H and O–H groups in total. The van der Waals surface area contributed by atoms with Gasteiger partial charge in [0.2, 0.25) is 5.91 Å². The summed E-state index contributed by atoms with van der Waals surface area (Å²) in [7, 11) is 5.53. The number of aromatic amines is 1. The van der Waals surface area contributed by atoms with Gasteiger partial charge in [-0.05, 0) is 70.6 Å². The molecule has 3 atom stereocenters. The van der Waals surface area contributed by atoms with Gasteiger partial charge >= 0.3 is 5.97 Å². The first-order chi connectivity index (χ1) is 20.3. The van der Waals surface area contributed by atoms with Crippen LogP contribution in [0, 0.1) is 5.92 Å². The third kappa shape index (κ3) is 9.78. The van der Waals surface area contributed by atoms with Gasteiger partial charge in [-0.1, -0.05) is 18.5 Å². The van der Waals surface area contributed by atoms with Gasteiger partial charge in [0.25, 0.3) is 11.5 Å². The van der Waals surface area contributed by atoms with Gasteiger partial charge < -0.3 is 35.7 Å². The van der Waals surface area contributed by atoms with Gasteiger partial charge in [-0.15, -0.1) is 0 Å². The number of ether oxygens (including phenoxy) is 2. The van der Waals surface area contributed by atoms with Crippen LogP contribution >= 0.6 is 11.6 Å². The zero-order valence-electron chi connectivity index (χ0n) is 25.5. The number of hydrogen-bond acceptors (Lipinski definition) is 9. The van der Waals surface area contributed by atoms with Gasteiger partial charge in [-0.25, -0.2) is 4.79 Å². The van der Waals surface area contributed by atoms with Crippen LogP contribution in [-0.2, 0) is 14.3 Å². The highest BCUT2D eigenvalue weighted by Crippen LogP contribution is 2.23. The van der Waals surface area contributed by atoms with Crippen molar-refractivity contribution in [2.45, 2.75) is 44.8 Å². The number of nitrogens with zero attached hydrogens (tertiary/aromatic N) is 2. The summed E-state index contributed by atoms with van der Waals surface area (Å²) >= 11 is 5.98. The maximum absolute atomic E-state index is 12.8. The molecule has 0 saturated carbocycles. The molecule has 43 heavy (non-hydrogen) atoms. The molecule has 1 aliphatic rings. The standard InChI is InChI=1S/C30H43ClN6O6/c1-6-30(2,12-14-36(3)4)43-29(41)19-7-9-21(10-8-19)33-25(38)17-37-13-11-24(20(16-37)18-42-5)34-27(39)22-15-23(31)26(32)35-28(22)40/h7-10,15,20,24H,6,11-14,16-18H2,1-5H3,(H,33,38)(H,34,39)(H3,32,35,40). The first-order valence-corrected chi connectivity index (χ1v) is 14.7. The number of nitrogens with one attached hydrogen (secondary N) is 3. The number of piperidine rings is 1. The Balaban J connectivity index is 1.54. The number of nitrogen functional groups attached to an aromatic ring is 1. The average Bonchev–Trinajstić information content (AvgIpc) is 2.95. The summed E-state index contributed by atoms with van der Waals surface area (Å²) in [5.74, 6) is -1.28. The molecule has 13 heteroatoms. The van der Waals surface area contributed by atoms with E-state index in [1.807, 2.05) is 32.8 Å². The number of pyridine rings is 1. The number of carbonyl (C=O) groups is 3. The number of H-pyrrole nitrogens is 1. The van der Waals surface area contributed by atoms with Gasteiger partial charge in [0.15, 0.2) is 0 Å². The minimum atomic E-state index is -0.624. The monoisotopic (exact) mass is 618 g/mol. The normalized spacial score (nSPS) is 18.6. The van der Waals surface area contributed by atoms with E-state index < -0.39 is 23.0 Å². The highest BCUT2D eigenvalue weighted by Gasteiger charge is 2.32. The Morgan fingerprint density at radius 3 is 2.56 bits per heavy atom. The van der Waals surface area contributed by atoms with Gasteiger partial charge in [0.1, 0.15) is 17.0 Å². The summed E-state index contributed by atoms with van der Waals surface area (Å²) < 4.78 is 11.2. The predicted octanol–water partition coefficient (Wildman–Crippen LogP) is 2.59. The fourth-order valence-electron chi connectivity index (χ4n) is 4.89. The number of halogens is 1. The van der Waals surface area contributed by atoms with Crippen LogP contribution in [0.15, 0.2) is 35.1 Å². The fraction of sp³-hybridized carbons (Fsp3) is 0.533. The van der Waals surface area contributed by atoms with Crippen molar-refractivity contribution in [2.24, 2.45) is 5.92 Å². The van der Waals surface area contributed by atoms with Crippen molar-refractivity contribution in [1.29, 1.82) is 0 Å². The SMILES string of the molecule is CCC(C)(CCN(C)C)OC(=O)c1ccc(NC(=O)CN2CCC(NC(=O)c3cc(Cl)c(N)[nH]c3=O)C(COC)C2)cc1. The van der Waals surface area contributed by atoms with Gasteiger partial charge in [0, 0.05) is 44.4 Å². The molecule has 0 spiro atoms. The maximum atomic E-state index is 12.8. The molecule has 3 rings (SSSR count). The topological polar surface area (TPSA) is 159 Å². The zero-order chi connectivity index (χ0) is 31.7. The molecule has 1 aliphatic heterocycles. The number of likely N-dealkylation sites (tertiary alicyclic amines) is 1. The first kappa shape index (κ1) is 34.0. The Morgan fingerprint density at radius 1 is 1.23 bits per heavy atom. The van der Waals surface area contributed by atoms with E-state index in [-0.39, 0.29) is 40.8 Å². The van der Waals surface area contributed by atoms with Crippen molar-refractivity contribution in [2.75, 3.05) is 65.0 Å². The number of carbonyl (C=O) groups excluding carboxylic acids is 3. The van der Waals surface area contributed by atoms with Crippen LogP contribution in [0.3, 0.4) is 0 Å². The number of methoxy groups -OCH3 is 1. The summed E-state index contributed by atoms with van der Waals surface area (Å²) in [5, 5.41) is 5.87. The summed E-state index contributed by atoms with van der Waals surface area (Å²) in [5.41, 5.74) is 5.27. The molecule has 12 nitrogen and oxygen atoms in total. The predicted molar refractivity (Wildman–Crippen MR) is 167 cm³/mol. The lowest BCUT2D eigenvalue weighted by molar-refractivity contribution is -0.118. The molecule has 2 aromatic rings. The Morgan fingerprint density at radius 2 is 1.93 bits per heavy atom. The highest BCUT2D eigenvalue weighted by atomic mass is 35.5. The van der Waals surface area contributed by atoms with E-state index in [4.69, 9.17) is 26.8 Å². The zero-order valence-corrected chi connectivity index (χ0v) is 26.3. The van der Waals surface area contributed by atoms with Crippen molar-refractivity contribution >= 4 is 40.9 Å². The van der Waals surface area contributed by atoms with Crippen molar-refractivity contribution in [3.63, 3.8) is 0 Å². The Bertz CT molecular complexity index is 1330. The quantitative estimate of drug-likeness (QED) is 0.248. The third-order valence-electron chi connectivity index (χ3n) is 7.73. The van der Waals surface area contributed by atoms with E-state index in [1.54, 1.807) is 31.4 Å². The second-order valence-corrected chi connectivity index (χ2v) is 11.9. The van der Waals surface area contributed by atoms with Crippen molar-refractivity contribution in [3.8, 4) is 0 Å².